The minimum Gasteiger partial charge on any atom is -0.342 e. The molecule has 0 radical (unpaired) electrons. The van der Waals surface area contributed by atoms with Crippen molar-refractivity contribution in [2.45, 2.75) is 37.9 Å². The number of hydrogen-bond donors (Lipinski definition) is 0. The molecule has 1 saturated heterocycles. The Kier molecular flexibility index (Phi) is 6.57. The summed E-state index contributed by atoms with van der Waals surface area (Å²) in [5, 5.41) is 0.517. The van der Waals surface area contributed by atoms with Gasteiger partial charge in [0.15, 0.2) is 0 Å². The molecule has 2 aromatic rings. The first-order valence-electron chi connectivity index (χ1n) is 9.23. The quantitative estimate of drug-likeness (QED) is 0.752. The molecule has 0 N–H and O–H groups in total. The van der Waals surface area contributed by atoms with Crippen LogP contribution in [0.2, 0.25) is 0 Å². The fourth-order valence-corrected chi connectivity index (χ4v) is 4.79. The van der Waals surface area contributed by atoms with Crippen molar-refractivity contribution >= 4 is 17.7 Å². The van der Waals surface area contributed by atoms with E-state index in [1.165, 1.54) is 16.7 Å². The number of rotatable bonds is 5. The SMILES string of the molecule is Cc1ccccc1C1CCN(C(=O)CCCc2ccccc2)CCS1. The third-order valence-corrected chi connectivity index (χ3v) is 6.24. The first-order valence-corrected chi connectivity index (χ1v) is 10.3. The van der Waals surface area contributed by atoms with Crippen molar-refractivity contribution in [1.29, 1.82) is 0 Å². The maximum atomic E-state index is 12.6. The van der Waals surface area contributed by atoms with E-state index in [4.69, 9.17) is 0 Å². The van der Waals surface area contributed by atoms with Crippen molar-refractivity contribution in [3.05, 3.63) is 71.3 Å². The first kappa shape index (κ1) is 18.1. The van der Waals surface area contributed by atoms with Crippen LogP contribution < -0.4 is 0 Å². The van der Waals surface area contributed by atoms with Gasteiger partial charge in [0.2, 0.25) is 5.91 Å². The Morgan fingerprint density at radius 1 is 1.08 bits per heavy atom. The Hall–Kier alpha value is -1.74. The highest BCUT2D eigenvalue weighted by atomic mass is 32.2. The Bertz CT molecular complexity index is 685. The lowest BCUT2D eigenvalue weighted by Crippen LogP contribution is -2.32. The predicted molar refractivity (Wildman–Crippen MR) is 107 cm³/mol. The van der Waals surface area contributed by atoms with Gasteiger partial charge in [-0.25, -0.2) is 0 Å². The molecule has 2 aromatic carbocycles. The highest BCUT2D eigenvalue weighted by Gasteiger charge is 2.22. The van der Waals surface area contributed by atoms with Gasteiger partial charge in [0.25, 0.3) is 0 Å². The van der Waals surface area contributed by atoms with Crippen molar-refractivity contribution in [1.82, 2.24) is 4.90 Å². The van der Waals surface area contributed by atoms with Crippen LogP contribution in [0.25, 0.3) is 0 Å². The van der Waals surface area contributed by atoms with Crippen LogP contribution in [-0.2, 0) is 11.2 Å². The summed E-state index contributed by atoms with van der Waals surface area (Å²) < 4.78 is 0. The number of carbonyl (C=O) groups is 1. The van der Waals surface area contributed by atoms with E-state index in [9.17, 15) is 4.79 Å². The number of thioether (sulfide) groups is 1. The molecule has 0 bridgehead atoms. The maximum absolute atomic E-state index is 12.6. The van der Waals surface area contributed by atoms with E-state index in [1.54, 1.807) is 0 Å². The summed E-state index contributed by atoms with van der Waals surface area (Å²) in [4.78, 5) is 14.6. The molecule has 0 aliphatic carbocycles. The van der Waals surface area contributed by atoms with Crippen molar-refractivity contribution < 1.29 is 4.79 Å². The van der Waals surface area contributed by atoms with E-state index < -0.39 is 0 Å². The zero-order valence-electron chi connectivity index (χ0n) is 15.0. The number of amides is 1. The standard InChI is InChI=1S/C22H27NOS/c1-18-8-5-6-12-20(18)21-14-15-23(16-17-25-21)22(24)13-7-11-19-9-3-2-4-10-19/h2-6,8-10,12,21H,7,11,13-17H2,1H3. The van der Waals surface area contributed by atoms with E-state index in [0.717, 1.165) is 38.1 Å². The van der Waals surface area contributed by atoms with Gasteiger partial charge in [0, 0.05) is 30.5 Å². The minimum absolute atomic E-state index is 0.321. The van der Waals surface area contributed by atoms with E-state index >= 15 is 0 Å². The van der Waals surface area contributed by atoms with E-state index in [0.29, 0.717) is 17.6 Å². The zero-order chi connectivity index (χ0) is 17.5. The second-order valence-corrected chi connectivity index (χ2v) is 8.04. The number of carbonyl (C=O) groups excluding carboxylic acids is 1. The molecule has 1 aliphatic heterocycles. The molecule has 1 aliphatic rings. The third-order valence-electron chi connectivity index (χ3n) is 4.93. The highest BCUT2D eigenvalue weighted by molar-refractivity contribution is 7.99. The van der Waals surface area contributed by atoms with Crippen LogP contribution in [0.5, 0.6) is 0 Å². The normalized spacial score (nSPS) is 18.0. The van der Waals surface area contributed by atoms with Gasteiger partial charge >= 0.3 is 0 Å². The number of aryl methyl sites for hydroxylation is 2. The molecule has 132 valence electrons. The van der Waals surface area contributed by atoms with Gasteiger partial charge in [0.1, 0.15) is 0 Å². The highest BCUT2D eigenvalue weighted by Crippen LogP contribution is 2.36. The number of nitrogens with zero attached hydrogens (tertiary/aromatic N) is 1. The van der Waals surface area contributed by atoms with Crippen molar-refractivity contribution in [3.63, 3.8) is 0 Å². The first-order chi connectivity index (χ1) is 12.2. The van der Waals surface area contributed by atoms with Crippen molar-refractivity contribution in [2.75, 3.05) is 18.8 Å². The van der Waals surface area contributed by atoms with Crippen LogP contribution in [0.15, 0.2) is 54.6 Å². The largest absolute Gasteiger partial charge is 0.342 e. The molecular weight excluding hydrogens is 326 g/mol. The second kappa shape index (κ2) is 9.10. The van der Waals surface area contributed by atoms with Crippen LogP contribution in [0.4, 0.5) is 0 Å². The van der Waals surface area contributed by atoms with Gasteiger partial charge in [-0.3, -0.25) is 4.79 Å². The molecular formula is C22H27NOS. The van der Waals surface area contributed by atoms with Crippen LogP contribution in [0.3, 0.4) is 0 Å². The lowest BCUT2D eigenvalue weighted by molar-refractivity contribution is -0.131. The van der Waals surface area contributed by atoms with Gasteiger partial charge in [-0.1, -0.05) is 54.6 Å². The average Bonchev–Trinajstić information content (AvgIpc) is 2.89. The lowest BCUT2D eigenvalue weighted by Gasteiger charge is -2.20. The average molecular weight is 354 g/mol. The van der Waals surface area contributed by atoms with Gasteiger partial charge < -0.3 is 4.90 Å². The van der Waals surface area contributed by atoms with Crippen LogP contribution >= 0.6 is 11.8 Å². The molecule has 0 aromatic heterocycles. The van der Waals surface area contributed by atoms with Crippen molar-refractivity contribution in [3.8, 4) is 0 Å². The molecule has 1 atom stereocenters. The Morgan fingerprint density at radius 2 is 1.84 bits per heavy atom. The summed E-state index contributed by atoms with van der Waals surface area (Å²) in [6.45, 7) is 3.96. The summed E-state index contributed by atoms with van der Waals surface area (Å²) in [6.07, 6.45) is 3.64. The monoisotopic (exact) mass is 353 g/mol. The molecule has 0 spiro atoms. The maximum Gasteiger partial charge on any atom is 0.222 e. The third kappa shape index (κ3) is 5.12. The van der Waals surface area contributed by atoms with Crippen LogP contribution in [-0.4, -0.2) is 29.6 Å². The summed E-state index contributed by atoms with van der Waals surface area (Å²) in [5.41, 5.74) is 4.12. The molecule has 1 heterocycles. The van der Waals surface area contributed by atoms with E-state index in [2.05, 4.69) is 60.4 Å². The zero-order valence-corrected chi connectivity index (χ0v) is 15.8. The van der Waals surface area contributed by atoms with E-state index in [-0.39, 0.29) is 0 Å². The summed E-state index contributed by atoms with van der Waals surface area (Å²) in [5.74, 6) is 1.35. The molecule has 3 rings (SSSR count). The molecule has 0 saturated carbocycles. The Morgan fingerprint density at radius 3 is 2.64 bits per heavy atom. The topological polar surface area (TPSA) is 20.3 Å². The van der Waals surface area contributed by atoms with Gasteiger partial charge in [-0.05, 0) is 42.9 Å². The van der Waals surface area contributed by atoms with Gasteiger partial charge in [0.05, 0.1) is 0 Å². The minimum atomic E-state index is 0.321. The number of hydrogen-bond acceptors (Lipinski definition) is 2. The lowest BCUT2D eigenvalue weighted by atomic mass is 10.0. The molecule has 3 heteroatoms. The van der Waals surface area contributed by atoms with Gasteiger partial charge in [-0.15, -0.1) is 0 Å². The molecule has 1 amide bonds. The van der Waals surface area contributed by atoms with Crippen molar-refractivity contribution in [2.24, 2.45) is 0 Å². The van der Waals surface area contributed by atoms with Crippen LogP contribution in [0.1, 0.15) is 41.2 Å². The Balaban J connectivity index is 1.49. The smallest absolute Gasteiger partial charge is 0.222 e. The summed E-state index contributed by atoms with van der Waals surface area (Å²) in [6, 6.07) is 19.1. The molecule has 1 unspecified atom stereocenters. The van der Waals surface area contributed by atoms with Gasteiger partial charge in [-0.2, -0.15) is 11.8 Å². The fraction of sp³-hybridized carbons (Fsp3) is 0.409. The summed E-state index contributed by atoms with van der Waals surface area (Å²) in [7, 11) is 0. The summed E-state index contributed by atoms with van der Waals surface area (Å²) >= 11 is 2.00. The molecule has 1 fully saturated rings. The Labute approximate surface area is 155 Å². The predicted octanol–water partition coefficient (Wildman–Crippen LogP) is 5.02. The van der Waals surface area contributed by atoms with Crippen LogP contribution in [0, 0.1) is 6.92 Å². The molecule has 2 nitrogen and oxygen atoms in total. The molecule has 25 heavy (non-hydrogen) atoms. The fourth-order valence-electron chi connectivity index (χ4n) is 3.46. The van der Waals surface area contributed by atoms with E-state index in [1.807, 2.05) is 17.8 Å². The number of benzene rings is 2. The second-order valence-electron chi connectivity index (χ2n) is 6.72.